The first-order valence-corrected chi connectivity index (χ1v) is 9.74. The van der Waals surface area contributed by atoms with Crippen LogP contribution in [-0.2, 0) is 15.1 Å². The molecular formula is C23H26N2O3. The van der Waals surface area contributed by atoms with E-state index < -0.39 is 5.54 Å². The van der Waals surface area contributed by atoms with Crippen LogP contribution in [0.5, 0.6) is 0 Å². The van der Waals surface area contributed by atoms with Gasteiger partial charge in [-0.25, -0.2) is 0 Å². The van der Waals surface area contributed by atoms with Crippen LogP contribution in [0.15, 0.2) is 48.5 Å². The van der Waals surface area contributed by atoms with Gasteiger partial charge in [-0.3, -0.25) is 9.59 Å². The lowest BCUT2D eigenvalue weighted by molar-refractivity contribution is -0.180. The number of carbonyl (C=O) groups is 2. The summed E-state index contributed by atoms with van der Waals surface area (Å²) in [5.41, 5.74) is 3.40. The number of morpholine rings is 1. The molecule has 2 aliphatic rings. The van der Waals surface area contributed by atoms with E-state index in [0.717, 1.165) is 22.3 Å². The van der Waals surface area contributed by atoms with Gasteiger partial charge >= 0.3 is 0 Å². The number of likely N-dealkylation sites (tertiary alicyclic amines) is 1. The van der Waals surface area contributed by atoms with Crippen molar-refractivity contribution >= 4 is 11.8 Å². The summed E-state index contributed by atoms with van der Waals surface area (Å²) in [6.07, 6.45) is 0.404. The first-order valence-electron chi connectivity index (χ1n) is 9.74. The smallest absolute Gasteiger partial charge is 0.254 e. The second-order valence-electron chi connectivity index (χ2n) is 7.79. The number of piperidine rings is 1. The predicted octanol–water partition coefficient (Wildman–Crippen LogP) is 2.90. The highest BCUT2D eigenvalue weighted by molar-refractivity contribution is 5.96. The van der Waals surface area contributed by atoms with Crippen LogP contribution in [0, 0.1) is 13.8 Å². The molecule has 0 bridgehead atoms. The molecule has 2 aromatic carbocycles. The molecule has 28 heavy (non-hydrogen) atoms. The molecule has 2 aliphatic heterocycles. The summed E-state index contributed by atoms with van der Waals surface area (Å²) in [4.78, 5) is 29.4. The highest BCUT2D eigenvalue weighted by Crippen LogP contribution is 2.42. The fraction of sp³-hybridized carbons (Fsp3) is 0.391. The molecule has 2 amide bonds. The van der Waals surface area contributed by atoms with Crippen molar-refractivity contribution in [3.63, 3.8) is 0 Å². The number of carbonyl (C=O) groups excluding carboxylic acids is 2. The van der Waals surface area contributed by atoms with E-state index in [1.807, 2.05) is 79.2 Å². The van der Waals surface area contributed by atoms with E-state index in [1.165, 1.54) is 0 Å². The number of ether oxygens (including phenoxy) is 1. The molecule has 0 saturated carbocycles. The van der Waals surface area contributed by atoms with Gasteiger partial charge in [0.1, 0.15) is 12.7 Å². The van der Waals surface area contributed by atoms with E-state index in [4.69, 9.17) is 4.74 Å². The Balaban J connectivity index is 1.67. The molecule has 0 aromatic heterocycles. The molecule has 0 N–H and O–H groups in total. The number of hydrogen-bond acceptors (Lipinski definition) is 3. The largest absolute Gasteiger partial charge is 0.364 e. The van der Waals surface area contributed by atoms with Gasteiger partial charge in [-0.15, -0.1) is 0 Å². The van der Waals surface area contributed by atoms with Crippen LogP contribution in [0.3, 0.4) is 0 Å². The summed E-state index contributed by atoms with van der Waals surface area (Å²) in [6.45, 7) is 5.12. The van der Waals surface area contributed by atoms with Gasteiger partial charge in [0.05, 0.1) is 5.54 Å². The Hall–Kier alpha value is -2.66. The summed E-state index contributed by atoms with van der Waals surface area (Å²) in [5.74, 6) is 0.0143. The maximum atomic E-state index is 13.2. The SMILES string of the molecule is Cc1cccc(C(=O)N2CC[C@]3(c4ccccc4)[C@@H](C2)OCC(=O)N3C)c1C. The lowest BCUT2D eigenvalue weighted by atomic mass is 9.76. The molecule has 2 heterocycles. The first-order chi connectivity index (χ1) is 13.4. The Morgan fingerprint density at radius 2 is 1.86 bits per heavy atom. The molecular weight excluding hydrogens is 352 g/mol. The van der Waals surface area contributed by atoms with E-state index in [-0.39, 0.29) is 24.5 Å². The minimum atomic E-state index is -0.533. The Labute approximate surface area is 165 Å². The molecule has 0 radical (unpaired) electrons. The van der Waals surface area contributed by atoms with Crippen LogP contribution < -0.4 is 0 Å². The number of nitrogens with zero attached hydrogens (tertiary/aromatic N) is 2. The average Bonchev–Trinajstić information content (AvgIpc) is 2.72. The van der Waals surface area contributed by atoms with Crippen LogP contribution >= 0.6 is 0 Å². The van der Waals surface area contributed by atoms with Gasteiger partial charge in [-0.1, -0.05) is 42.5 Å². The van der Waals surface area contributed by atoms with Gasteiger partial charge < -0.3 is 14.5 Å². The van der Waals surface area contributed by atoms with Crippen molar-refractivity contribution < 1.29 is 14.3 Å². The molecule has 2 fully saturated rings. The third-order valence-corrected chi connectivity index (χ3v) is 6.46. The van der Waals surface area contributed by atoms with E-state index in [2.05, 4.69) is 0 Å². The Morgan fingerprint density at radius 3 is 2.61 bits per heavy atom. The Kier molecular flexibility index (Phi) is 4.71. The van der Waals surface area contributed by atoms with Crippen molar-refractivity contribution in [2.45, 2.75) is 31.9 Å². The number of likely N-dealkylation sites (N-methyl/N-ethyl adjacent to an activating group) is 1. The molecule has 2 saturated heterocycles. The van der Waals surface area contributed by atoms with Gasteiger partial charge in [0, 0.05) is 25.7 Å². The van der Waals surface area contributed by atoms with Crippen molar-refractivity contribution in [2.75, 3.05) is 26.7 Å². The van der Waals surface area contributed by atoms with Crippen molar-refractivity contribution in [1.29, 1.82) is 0 Å². The van der Waals surface area contributed by atoms with Crippen LogP contribution in [0.4, 0.5) is 0 Å². The van der Waals surface area contributed by atoms with E-state index in [9.17, 15) is 9.59 Å². The molecule has 5 nitrogen and oxygen atoms in total. The third-order valence-electron chi connectivity index (χ3n) is 6.46. The van der Waals surface area contributed by atoms with Crippen molar-refractivity contribution in [2.24, 2.45) is 0 Å². The zero-order valence-electron chi connectivity index (χ0n) is 16.6. The number of aryl methyl sites for hydroxylation is 1. The second kappa shape index (κ2) is 7.06. The zero-order chi connectivity index (χ0) is 19.9. The molecule has 5 heteroatoms. The van der Waals surface area contributed by atoms with Crippen LogP contribution in [-0.4, -0.2) is 54.5 Å². The molecule has 2 atom stereocenters. The minimum Gasteiger partial charge on any atom is -0.364 e. The predicted molar refractivity (Wildman–Crippen MR) is 107 cm³/mol. The third kappa shape index (κ3) is 2.81. The second-order valence-corrected chi connectivity index (χ2v) is 7.79. The zero-order valence-corrected chi connectivity index (χ0v) is 16.6. The lowest BCUT2D eigenvalue weighted by Gasteiger charge is -2.54. The number of fused-ring (bicyclic) bond motifs is 1. The average molecular weight is 378 g/mol. The number of hydrogen-bond donors (Lipinski definition) is 0. The van der Waals surface area contributed by atoms with Crippen molar-refractivity contribution in [3.8, 4) is 0 Å². The number of rotatable bonds is 2. The van der Waals surface area contributed by atoms with Gasteiger partial charge in [-0.05, 0) is 43.0 Å². The minimum absolute atomic E-state index is 0.0191. The standard InChI is InChI=1S/C23H26N2O3/c1-16-8-7-11-19(17(16)2)22(27)25-13-12-23(18-9-5-4-6-10-18)20(14-25)28-15-21(26)24(23)3/h4-11,20H,12-15H2,1-3H3/t20-,23+/m1/s1. The normalized spacial score (nSPS) is 24.8. The molecule has 4 rings (SSSR count). The topological polar surface area (TPSA) is 49.9 Å². The highest BCUT2D eigenvalue weighted by Gasteiger charge is 2.53. The van der Waals surface area contributed by atoms with E-state index in [0.29, 0.717) is 19.5 Å². The summed E-state index contributed by atoms with van der Waals surface area (Å²) < 4.78 is 6.01. The lowest BCUT2D eigenvalue weighted by Crippen LogP contribution is -2.67. The Morgan fingerprint density at radius 1 is 1.11 bits per heavy atom. The summed E-state index contributed by atoms with van der Waals surface area (Å²) in [5, 5.41) is 0. The summed E-state index contributed by atoms with van der Waals surface area (Å²) in [6, 6.07) is 15.9. The number of benzene rings is 2. The maximum absolute atomic E-state index is 13.2. The van der Waals surface area contributed by atoms with Gasteiger partial charge in [0.15, 0.2) is 0 Å². The molecule has 0 unspecified atom stereocenters. The fourth-order valence-electron chi connectivity index (χ4n) is 4.56. The summed E-state index contributed by atoms with van der Waals surface area (Å²) >= 11 is 0. The van der Waals surface area contributed by atoms with Crippen molar-refractivity contribution in [1.82, 2.24) is 9.80 Å². The van der Waals surface area contributed by atoms with Crippen LogP contribution in [0.2, 0.25) is 0 Å². The van der Waals surface area contributed by atoms with Crippen LogP contribution in [0.1, 0.15) is 33.5 Å². The molecule has 0 spiro atoms. The fourth-order valence-corrected chi connectivity index (χ4v) is 4.56. The van der Waals surface area contributed by atoms with Gasteiger partial charge in [-0.2, -0.15) is 0 Å². The molecule has 146 valence electrons. The number of amides is 2. The van der Waals surface area contributed by atoms with Crippen molar-refractivity contribution in [3.05, 3.63) is 70.8 Å². The molecule has 2 aromatic rings. The van der Waals surface area contributed by atoms with E-state index >= 15 is 0 Å². The quantitative estimate of drug-likeness (QED) is 0.807. The highest BCUT2D eigenvalue weighted by atomic mass is 16.5. The monoisotopic (exact) mass is 378 g/mol. The molecule has 0 aliphatic carbocycles. The van der Waals surface area contributed by atoms with Gasteiger partial charge in [0.2, 0.25) is 5.91 Å². The maximum Gasteiger partial charge on any atom is 0.254 e. The van der Waals surface area contributed by atoms with E-state index in [1.54, 1.807) is 0 Å². The first kappa shape index (κ1) is 18.7. The Bertz CT molecular complexity index is 911. The van der Waals surface area contributed by atoms with Gasteiger partial charge in [0.25, 0.3) is 5.91 Å². The van der Waals surface area contributed by atoms with Crippen LogP contribution in [0.25, 0.3) is 0 Å². The summed E-state index contributed by atoms with van der Waals surface area (Å²) in [7, 11) is 1.85.